The molecule has 110 valence electrons. The quantitative estimate of drug-likeness (QED) is 0.830. The molecule has 0 amide bonds. The lowest BCUT2D eigenvalue weighted by atomic mass is 9.81. The van der Waals surface area contributed by atoms with Crippen molar-refractivity contribution >= 4 is 0 Å². The molecule has 0 aromatic rings. The first-order valence-corrected chi connectivity index (χ1v) is 8.41. The zero-order valence-electron chi connectivity index (χ0n) is 12.3. The third-order valence-electron chi connectivity index (χ3n) is 5.26. The third kappa shape index (κ3) is 3.71. The summed E-state index contributed by atoms with van der Waals surface area (Å²) in [5.74, 6) is 0.785. The minimum absolute atomic E-state index is 0.449. The van der Waals surface area contributed by atoms with Gasteiger partial charge in [-0.25, -0.2) is 0 Å². The minimum atomic E-state index is 0.449. The molecule has 0 aromatic carbocycles. The van der Waals surface area contributed by atoms with Gasteiger partial charge >= 0.3 is 0 Å². The summed E-state index contributed by atoms with van der Waals surface area (Å²) in [4.78, 5) is 2.74. The SMILES string of the molecule is C1CCC2(CC1)CN(CC1CCCOC1)CCCN2. The Morgan fingerprint density at radius 1 is 1.11 bits per heavy atom. The first-order valence-electron chi connectivity index (χ1n) is 8.41. The second-order valence-corrected chi connectivity index (χ2v) is 6.94. The average molecular weight is 266 g/mol. The summed E-state index contributed by atoms with van der Waals surface area (Å²) in [6.45, 7) is 7.04. The van der Waals surface area contributed by atoms with Gasteiger partial charge in [0.25, 0.3) is 0 Å². The van der Waals surface area contributed by atoms with Crippen molar-refractivity contribution in [3.63, 3.8) is 0 Å². The molecule has 2 aliphatic heterocycles. The number of ether oxygens (including phenoxy) is 1. The molecule has 3 heteroatoms. The predicted molar refractivity (Wildman–Crippen MR) is 78.4 cm³/mol. The number of nitrogens with zero attached hydrogens (tertiary/aromatic N) is 1. The van der Waals surface area contributed by atoms with Crippen LogP contribution in [-0.4, -0.2) is 49.8 Å². The maximum atomic E-state index is 5.65. The Hall–Kier alpha value is -0.120. The van der Waals surface area contributed by atoms with Gasteiger partial charge in [-0.05, 0) is 51.1 Å². The summed E-state index contributed by atoms with van der Waals surface area (Å²) in [5, 5.41) is 3.89. The van der Waals surface area contributed by atoms with Gasteiger partial charge < -0.3 is 15.0 Å². The van der Waals surface area contributed by atoms with Crippen molar-refractivity contribution in [1.82, 2.24) is 10.2 Å². The van der Waals surface area contributed by atoms with Crippen LogP contribution in [0.2, 0.25) is 0 Å². The molecule has 3 aliphatic rings. The molecule has 1 aliphatic carbocycles. The van der Waals surface area contributed by atoms with Crippen LogP contribution in [0, 0.1) is 5.92 Å². The Bertz CT molecular complexity index is 270. The van der Waals surface area contributed by atoms with Crippen molar-refractivity contribution in [1.29, 1.82) is 0 Å². The van der Waals surface area contributed by atoms with Crippen LogP contribution in [0.15, 0.2) is 0 Å². The Kier molecular flexibility index (Phi) is 4.78. The molecular formula is C16H30N2O. The molecule has 0 aromatic heterocycles. The van der Waals surface area contributed by atoms with Gasteiger partial charge in [-0.3, -0.25) is 0 Å². The molecule has 19 heavy (non-hydrogen) atoms. The molecular weight excluding hydrogens is 236 g/mol. The van der Waals surface area contributed by atoms with E-state index in [2.05, 4.69) is 10.2 Å². The normalized spacial score (nSPS) is 33.2. The van der Waals surface area contributed by atoms with E-state index in [1.807, 2.05) is 0 Å². The van der Waals surface area contributed by atoms with Gasteiger partial charge in [-0.15, -0.1) is 0 Å². The van der Waals surface area contributed by atoms with Crippen molar-refractivity contribution in [2.45, 2.75) is 56.9 Å². The van der Waals surface area contributed by atoms with Crippen LogP contribution in [-0.2, 0) is 4.74 Å². The summed E-state index contributed by atoms with van der Waals surface area (Å²) < 4.78 is 5.65. The molecule has 1 saturated carbocycles. The van der Waals surface area contributed by atoms with E-state index in [1.165, 1.54) is 77.5 Å². The highest BCUT2D eigenvalue weighted by Gasteiger charge is 2.35. The lowest BCUT2D eigenvalue weighted by molar-refractivity contribution is 0.0339. The van der Waals surface area contributed by atoms with Crippen molar-refractivity contribution in [2.75, 3.05) is 39.4 Å². The van der Waals surface area contributed by atoms with Gasteiger partial charge in [0.15, 0.2) is 0 Å². The number of rotatable bonds is 2. The summed E-state index contributed by atoms with van der Waals surface area (Å²) >= 11 is 0. The van der Waals surface area contributed by atoms with Crippen LogP contribution in [0.5, 0.6) is 0 Å². The predicted octanol–water partition coefficient (Wildman–Crippen LogP) is 2.41. The Balaban J connectivity index is 1.57. The largest absolute Gasteiger partial charge is 0.381 e. The van der Waals surface area contributed by atoms with Crippen molar-refractivity contribution in [3.8, 4) is 0 Å². The van der Waals surface area contributed by atoms with E-state index in [4.69, 9.17) is 4.74 Å². The summed E-state index contributed by atoms with van der Waals surface area (Å²) in [6.07, 6.45) is 11.0. The highest BCUT2D eigenvalue weighted by atomic mass is 16.5. The second kappa shape index (κ2) is 6.55. The van der Waals surface area contributed by atoms with Crippen LogP contribution < -0.4 is 5.32 Å². The van der Waals surface area contributed by atoms with E-state index < -0.39 is 0 Å². The molecule has 1 atom stereocenters. The van der Waals surface area contributed by atoms with Gasteiger partial charge in [-0.1, -0.05) is 19.3 Å². The standard InChI is InChI=1S/C16H30N2O/c1-2-7-16(8-3-1)14-18(10-5-9-17-16)12-15-6-4-11-19-13-15/h15,17H,1-14H2. The lowest BCUT2D eigenvalue weighted by Crippen LogP contribution is -2.53. The zero-order chi connectivity index (χ0) is 13.0. The summed E-state index contributed by atoms with van der Waals surface area (Å²) in [5.41, 5.74) is 0.449. The molecule has 1 unspecified atom stereocenters. The Morgan fingerprint density at radius 3 is 2.79 bits per heavy atom. The number of nitrogens with one attached hydrogen (secondary N) is 1. The first-order chi connectivity index (χ1) is 9.36. The van der Waals surface area contributed by atoms with E-state index >= 15 is 0 Å². The molecule has 0 bridgehead atoms. The van der Waals surface area contributed by atoms with Gasteiger partial charge in [0.2, 0.25) is 0 Å². The maximum Gasteiger partial charge on any atom is 0.0506 e. The molecule has 1 N–H and O–H groups in total. The van der Waals surface area contributed by atoms with Gasteiger partial charge in [0.05, 0.1) is 6.61 Å². The molecule has 0 radical (unpaired) electrons. The van der Waals surface area contributed by atoms with Gasteiger partial charge in [-0.2, -0.15) is 0 Å². The molecule has 3 fully saturated rings. The molecule has 2 saturated heterocycles. The fourth-order valence-corrected chi connectivity index (χ4v) is 4.26. The Morgan fingerprint density at radius 2 is 2.00 bits per heavy atom. The summed E-state index contributed by atoms with van der Waals surface area (Å²) in [6, 6.07) is 0. The summed E-state index contributed by atoms with van der Waals surface area (Å²) in [7, 11) is 0. The zero-order valence-corrected chi connectivity index (χ0v) is 12.3. The van der Waals surface area contributed by atoms with Crippen LogP contribution in [0.25, 0.3) is 0 Å². The van der Waals surface area contributed by atoms with E-state index in [-0.39, 0.29) is 0 Å². The monoisotopic (exact) mass is 266 g/mol. The van der Waals surface area contributed by atoms with Crippen molar-refractivity contribution < 1.29 is 4.74 Å². The molecule has 3 rings (SSSR count). The van der Waals surface area contributed by atoms with Crippen LogP contribution in [0.4, 0.5) is 0 Å². The minimum Gasteiger partial charge on any atom is -0.381 e. The highest BCUT2D eigenvalue weighted by molar-refractivity contribution is 4.95. The number of hydrogen-bond acceptors (Lipinski definition) is 3. The fourth-order valence-electron chi connectivity index (χ4n) is 4.26. The van der Waals surface area contributed by atoms with Gasteiger partial charge in [0, 0.05) is 25.2 Å². The van der Waals surface area contributed by atoms with Crippen molar-refractivity contribution in [3.05, 3.63) is 0 Å². The van der Waals surface area contributed by atoms with Crippen LogP contribution >= 0.6 is 0 Å². The van der Waals surface area contributed by atoms with Crippen molar-refractivity contribution in [2.24, 2.45) is 5.92 Å². The average Bonchev–Trinajstić information content (AvgIpc) is 2.63. The second-order valence-electron chi connectivity index (χ2n) is 6.94. The molecule has 1 spiro atoms. The maximum absolute atomic E-state index is 5.65. The topological polar surface area (TPSA) is 24.5 Å². The van der Waals surface area contributed by atoms with Gasteiger partial charge in [0.1, 0.15) is 0 Å². The van der Waals surface area contributed by atoms with E-state index in [9.17, 15) is 0 Å². The van der Waals surface area contributed by atoms with Crippen LogP contribution in [0.3, 0.4) is 0 Å². The highest BCUT2D eigenvalue weighted by Crippen LogP contribution is 2.30. The number of hydrogen-bond donors (Lipinski definition) is 1. The van der Waals surface area contributed by atoms with E-state index in [0.717, 1.165) is 19.1 Å². The molecule has 2 heterocycles. The fraction of sp³-hybridized carbons (Fsp3) is 1.00. The first kappa shape index (κ1) is 13.8. The van der Waals surface area contributed by atoms with E-state index in [1.54, 1.807) is 0 Å². The smallest absolute Gasteiger partial charge is 0.0506 e. The molecule has 3 nitrogen and oxygen atoms in total. The third-order valence-corrected chi connectivity index (χ3v) is 5.26. The van der Waals surface area contributed by atoms with E-state index in [0.29, 0.717) is 5.54 Å². The lowest BCUT2D eigenvalue weighted by Gasteiger charge is -2.41. The van der Waals surface area contributed by atoms with Crippen LogP contribution in [0.1, 0.15) is 51.4 Å². The Labute approximate surface area is 118 Å².